The van der Waals surface area contributed by atoms with Crippen molar-refractivity contribution in [3.8, 4) is 11.4 Å². The maximum Gasteiger partial charge on any atom is 0.573 e. The van der Waals surface area contributed by atoms with Crippen LogP contribution < -0.4 is 9.46 Å². The van der Waals surface area contributed by atoms with E-state index in [2.05, 4.69) is 15.0 Å². The molecule has 0 aliphatic heterocycles. The molecule has 1 amide bonds. The molecule has 1 aromatic heterocycles. The molecular weight excluding hydrogens is 503 g/mol. The van der Waals surface area contributed by atoms with Crippen LogP contribution in [-0.2, 0) is 10.0 Å². The van der Waals surface area contributed by atoms with Gasteiger partial charge in [-0.05, 0) is 37.3 Å². The third kappa shape index (κ3) is 5.11. The van der Waals surface area contributed by atoms with E-state index in [1.54, 1.807) is 4.72 Å². The second-order valence-corrected chi connectivity index (χ2v) is 8.60. The van der Waals surface area contributed by atoms with Crippen LogP contribution in [0.15, 0.2) is 41.3 Å². The third-order valence-electron chi connectivity index (χ3n) is 3.92. The highest BCUT2D eigenvalue weighted by Crippen LogP contribution is 2.30. The van der Waals surface area contributed by atoms with Gasteiger partial charge in [0.1, 0.15) is 11.6 Å². The molecule has 0 fully saturated rings. The van der Waals surface area contributed by atoms with Crippen LogP contribution in [-0.4, -0.2) is 35.7 Å². The molecule has 8 nitrogen and oxygen atoms in total. The first kappa shape index (κ1) is 23.8. The van der Waals surface area contributed by atoms with Crippen LogP contribution in [0.25, 0.3) is 5.69 Å². The number of carbonyl (C=O) groups is 1. The van der Waals surface area contributed by atoms with Crippen LogP contribution >= 0.6 is 23.2 Å². The number of amides is 1. The number of halogens is 6. The molecule has 0 saturated carbocycles. The first-order valence-electron chi connectivity index (χ1n) is 8.28. The van der Waals surface area contributed by atoms with Gasteiger partial charge >= 0.3 is 6.36 Å². The van der Waals surface area contributed by atoms with E-state index in [0.29, 0.717) is 0 Å². The minimum Gasteiger partial charge on any atom is -0.406 e. The molecule has 0 aliphatic carbocycles. The molecule has 3 rings (SSSR count). The third-order valence-corrected chi connectivity index (χ3v) is 5.84. The monoisotopic (exact) mass is 512 g/mol. The van der Waals surface area contributed by atoms with Gasteiger partial charge in [0.2, 0.25) is 0 Å². The number of benzene rings is 2. The van der Waals surface area contributed by atoms with Crippen LogP contribution in [0.4, 0.5) is 17.6 Å². The summed E-state index contributed by atoms with van der Waals surface area (Å²) in [5, 5.41) is 6.63. The number of sulfonamides is 1. The van der Waals surface area contributed by atoms with Crippen LogP contribution in [0.1, 0.15) is 16.2 Å². The van der Waals surface area contributed by atoms with E-state index in [1.807, 2.05) is 0 Å². The van der Waals surface area contributed by atoms with Crippen LogP contribution in [0.2, 0.25) is 10.0 Å². The average Bonchev–Trinajstić information content (AvgIpc) is 3.03. The summed E-state index contributed by atoms with van der Waals surface area (Å²) in [4.78, 5) is 12.0. The van der Waals surface area contributed by atoms with Crippen LogP contribution in [0.5, 0.6) is 5.75 Å². The Labute approximate surface area is 187 Å². The Morgan fingerprint density at radius 3 is 2.41 bits per heavy atom. The Kier molecular flexibility index (Phi) is 6.36. The zero-order valence-electron chi connectivity index (χ0n) is 15.6. The van der Waals surface area contributed by atoms with Gasteiger partial charge < -0.3 is 4.74 Å². The predicted octanol–water partition coefficient (Wildman–Crippen LogP) is 4.04. The molecule has 170 valence electrons. The summed E-state index contributed by atoms with van der Waals surface area (Å²) < 4.78 is 81.6. The molecule has 32 heavy (non-hydrogen) atoms. The molecule has 0 saturated heterocycles. The highest BCUT2D eigenvalue weighted by molar-refractivity contribution is 7.90. The van der Waals surface area contributed by atoms with Crippen molar-refractivity contribution in [3.05, 3.63) is 63.6 Å². The van der Waals surface area contributed by atoms with Gasteiger partial charge in [-0.3, -0.25) is 4.79 Å². The van der Waals surface area contributed by atoms with Gasteiger partial charge in [-0.15, -0.1) is 18.3 Å². The Balaban J connectivity index is 1.87. The van der Waals surface area contributed by atoms with Gasteiger partial charge in [-0.2, -0.15) is 0 Å². The number of hydrogen-bond donors (Lipinski definition) is 1. The van der Waals surface area contributed by atoms with Crippen molar-refractivity contribution in [2.75, 3.05) is 0 Å². The van der Waals surface area contributed by atoms with Crippen molar-refractivity contribution < 1.29 is 35.5 Å². The quantitative estimate of drug-likeness (QED) is 0.517. The van der Waals surface area contributed by atoms with E-state index >= 15 is 0 Å². The standard InChI is InChI=1S/C17H10Cl2F4N4O4S/c1-8-15(16(28)25-32(29,30)10-3-4-13(20)11(18)7-10)24-26-27(8)14-5-2-9(6-12(14)19)31-17(21,22)23/h2-7H,1H3,(H,25,28). The Bertz CT molecular complexity index is 1310. The smallest absolute Gasteiger partial charge is 0.406 e. The predicted molar refractivity (Wildman–Crippen MR) is 104 cm³/mol. The van der Waals surface area contributed by atoms with E-state index in [1.165, 1.54) is 6.92 Å². The molecule has 0 unspecified atom stereocenters. The summed E-state index contributed by atoms with van der Waals surface area (Å²) in [6, 6.07) is 5.54. The summed E-state index contributed by atoms with van der Waals surface area (Å²) >= 11 is 11.6. The van der Waals surface area contributed by atoms with Gasteiger partial charge in [-0.25, -0.2) is 22.2 Å². The van der Waals surface area contributed by atoms with Crippen LogP contribution in [0.3, 0.4) is 0 Å². The van der Waals surface area contributed by atoms with E-state index in [0.717, 1.165) is 41.1 Å². The van der Waals surface area contributed by atoms with Gasteiger partial charge in [0, 0.05) is 6.07 Å². The molecule has 2 aromatic carbocycles. The lowest BCUT2D eigenvalue weighted by Gasteiger charge is -2.11. The lowest BCUT2D eigenvalue weighted by Crippen LogP contribution is -2.31. The van der Waals surface area contributed by atoms with Crippen molar-refractivity contribution in [3.63, 3.8) is 0 Å². The van der Waals surface area contributed by atoms with Gasteiger partial charge in [0.25, 0.3) is 15.9 Å². The lowest BCUT2D eigenvalue weighted by molar-refractivity contribution is -0.274. The molecular formula is C17H10Cl2F4N4O4S. The van der Waals surface area contributed by atoms with E-state index in [4.69, 9.17) is 23.2 Å². The normalized spacial score (nSPS) is 12.0. The summed E-state index contributed by atoms with van der Waals surface area (Å²) in [6.45, 7) is 1.35. The maximum atomic E-state index is 13.3. The number of ether oxygens (including phenoxy) is 1. The average molecular weight is 513 g/mol. The summed E-state index contributed by atoms with van der Waals surface area (Å²) in [6.07, 6.45) is -4.92. The van der Waals surface area contributed by atoms with E-state index in [9.17, 15) is 30.8 Å². The number of hydrogen-bond acceptors (Lipinski definition) is 6. The molecule has 1 N–H and O–H groups in total. The first-order valence-corrected chi connectivity index (χ1v) is 10.5. The zero-order valence-corrected chi connectivity index (χ0v) is 17.9. The number of alkyl halides is 3. The summed E-state index contributed by atoms with van der Waals surface area (Å²) in [7, 11) is -4.43. The number of nitrogens with one attached hydrogen (secondary N) is 1. The molecule has 0 spiro atoms. The van der Waals surface area contributed by atoms with Crippen molar-refractivity contribution in [2.45, 2.75) is 18.2 Å². The van der Waals surface area contributed by atoms with Crippen molar-refractivity contribution in [2.24, 2.45) is 0 Å². The molecule has 0 bridgehead atoms. The van der Waals surface area contributed by atoms with E-state index < -0.39 is 49.5 Å². The maximum absolute atomic E-state index is 13.3. The van der Waals surface area contributed by atoms with Gasteiger partial charge in [0.15, 0.2) is 5.69 Å². The highest BCUT2D eigenvalue weighted by Gasteiger charge is 2.31. The fourth-order valence-electron chi connectivity index (χ4n) is 2.50. The fraction of sp³-hybridized carbons (Fsp3) is 0.118. The number of nitrogens with zero attached hydrogens (tertiary/aromatic N) is 3. The minimum absolute atomic E-state index is 0.0289. The SMILES string of the molecule is Cc1c(C(=O)NS(=O)(=O)c2ccc(F)c(Cl)c2)nnn1-c1ccc(OC(F)(F)F)cc1Cl. The number of rotatable bonds is 5. The topological polar surface area (TPSA) is 103 Å². The molecule has 0 radical (unpaired) electrons. The molecule has 1 heterocycles. The second kappa shape index (κ2) is 8.56. The fourth-order valence-corrected chi connectivity index (χ4v) is 3.97. The first-order chi connectivity index (χ1) is 14.8. The Morgan fingerprint density at radius 1 is 1.12 bits per heavy atom. The molecule has 3 aromatic rings. The summed E-state index contributed by atoms with van der Waals surface area (Å²) in [5.74, 6) is -2.59. The van der Waals surface area contributed by atoms with Crippen molar-refractivity contribution in [1.29, 1.82) is 0 Å². The van der Waals surface area contributed by atoms with Crippen molar-refractivity contribution >= 4 is 39.1 Å². The van der Waals surface area contributed by atoms with Gasteiger partial charge in [0.05, 0.1) is 26.3 Å². The van der Waals surface area contributed by atoms with Gasteiger partial charge in [-0.1, -0.05) is 28.4 Å². The largest absolute Gasteiger partial charge is 0.573 e. The van der Waals surface area contributed by atoms with Crippen molar-refractivity contribution in [1.82, 2.24) is 19.7 Å². The Morgan fingerprint density at radius 2 is 1.81 bits per heavy atom. The second-order valence-electron chi connectivity index (χ2n) is 6.11. The number of aromatic nitrogens is 3. The molecule has 0 atom stereocenters. The summed E-state index contributed by atoms with van der Waals surface area (Å²) in [5.41, 5.74) is -0.326. The Hall–Kier alpha value is -2.90. The van der Waals surface area contributed by atoms with E-state index in [-0.39, 0.29) is 16.4 Å². The van der Waals surface area contributed by atoms with Crippen LogP contribution in [0, 0.1) is 12.7 Å². The zero-order chi connectivity index (χ0) is 23.8. The highest BCUT2D eigenvalue weighted by atomic mass is 35.5. The molecule has 15 heteroatoms. The molecule has 0 aliphatic rings. The lowest BCUT2D eigenvalue weighted by atomic mass is 10.2. The minimum atomic E-state index is -4.92. The number of carbonyl (C=O) groups excluding carboxylic acids is 1.